The van der Waals surface area contributed by atoms with E-state index in [9.17, 15) is 22.8 Å². The van der Waals surface area contributed by atoms with Crippen LogP contribution in [-0.2, 0) is 29.1 Å². The van der Waals surface area contributed by atoms with E-state index in [1.807, 2.05) is 6.92 Å². The second-order valence-electron chi connectivity index (χ2n) is 7.61. The maximum absolute atomic E-state index is 13.5. The van der Waals surface area contributed by atoms with Crippen LogP contribution < -0.4 is 4.90 Å². The van der Waals surface area contributed by atoms with Crippen molar-refractivity contribution in [3.8, 4) is 6.07 Å². The Morgan fingerprint density at radius 3 is 2.60 bits per heavy atom. The molecule has 3 heterocycles. The Morgan fingerprint density at radius 2 is 1.97 bits per heavy atom. The first-order valence-corrected chi connectivity index (χ1v) is 9.46. The van der Waals surface area contributed by atoms with Gasteiger partial charge in [-0.2, -0.15) is 10.4 Å². The quantitative estimate of drug-likeness (QED) is 0.717. The molecule has 1 aromatic carbocycles. The third-order valence-electron chi connectivity index (χ3n) is 5.53. The summed E-state index contributed by atoms with van der Waals surface area (Å²) in [5.41, 5.74) is 1.25. The summed E-state index contributed by atoms with van der Waals surface area (Å²) in [6.07, 6.45) is 1.40. The van der Waals surface area contributed by atoms with Crippen molar-refractivity contribution in [3.05, 3.63) is 47.0 Å². The molecule has 2 amide bonds. The van der Waals surface area contributed by atoms with Gasteiger partial charge in [-0.1, -0.05) is 0 Å². The average Bonchev–Trinajstić information content (AvgIpc) is 3.27. The standard InChI is InChI=1S/C20H18F3N5O2/c1-11-8-28-17(16(7-25-28)27-9-13(6-24)5-19(27)30)10-26(11)18(29)4-12-2-14(21)20(23)15(22)3-12/h2-3,7,11,13H,4-5,8-10H2,1H3/t11-,13?/m0/s1. The van der Waals surface area contributed by atoms with E-state index in [-0.39, 0.29) is 49.4 Å². The number of hydrogen-bond donors (Lipinski definition) is 0. The third kappa shape index (κ3) is 3.40. The van der Waals surface area contributed by atoms with Crippen LogP contribution >= 0.6 is 0 Å². The van der Waals surface area contributed by atoms with Crippen molar-refractivity contribution in [2.75, 3.05) is 11.4 Å². The molecule has 1 saturated heterocycles. The zero-order valence-electron chi connectivity index (χ0n) is 16.1. The predicted molar refractivity (Wildman–Crippen MR) is 98.3 cm³/mol. The molecule has 1 unspecified atom stereocenters. The topological polar surface area (TPSA) is 82.2 Å². The Hall–Kier alpha value is -3.35. The van der Waals surface area contributed by atoms with Gasteiger partial charge < -0.3 is 9.80 Å². The molecule has 2 aromatic rings. The molecule has 0 spiro atoms. The number of aromatic nitrogens is 2. The lowest BCUT2D eigenvalue weighted by Gasteiger charge is -2.35. The largest absolute Gasteiger partial charge is 0.332 e. The highest BCUT2D eigenvalue weighted by Gasteiger charge is 2.36. The number of anilines is 1. The Bertz CT molecular complexity index is 1050. The molecule has 2 atom stereocenters. The first kappa shape index (κ1) is 19.9. The van der Waals surface area contributed by atoms with Gasteiger partial charge in [0, 0.05) is 19.0 Å². The minimum absolute atomic E-state index is 0.0366. The van der Waals surface area contributed by atoms with Gasteiger partial charge in [-0.3, -0.25) is 14.3 Å². The van der Waals surface area contributed by atoms with Crippen LogP contribution in [0.25, 0.3) is 0 Å². The molecule has 0 aliphatic carbocycles. The molecule has 0 saturated carbocycles. The van der Waals surface area contributed by atoms with Gasteiger partial charge in [0.2, 0.25) is 11.8 Å². The molecule has 2 aliphatic heterocycles. The summed E-state index contributed by atoms with van der Waals surface area (Å²) in [6, 6.07) is 3.48. The van der Waals surface area contributed by atoms with Crippen molar-refractivity contribution in [1.82, 2.24) is 14.7 Å². The Morgan fingerprint density at radius 1 is 1.27 bits per heavy atom. The number of nitriles is 1. The summed E-state index contributed by atoms with van der Waals surface area (Å²) < 4.78 is 41.8. The number of fused-ring (bicyclic) bond motifs is 1. The number of carbonyl (C=O) groups excluding carboxylic acids is 2. The smallest absolute Gasteiger partial charge is 0.228 e. The molecule has 0 radical (unpaired) electrons. The summed E-state index contributed by atoms with van der Waals surface area (Å²) in [7, 11) is 0. The van der Waals surface area contributed by atoms with Gasteiger partial charge in [0.15, 0.2) is 17.5 Å². The number of rotatable bonds is 3. The fourth-order valence-corrected chi connectivity index (χ4v) is 3.96. The molecule has 4 rings (SSSR count). The molecule has 1 aromatic heterocycles. The Balaban J connectivity index is 1.56. The van der Waals surface area contributed by atoms with Crippen molar-refractivity contribution in [2.24, 2.45) is 5.92 Å². The number of halogens is 3. The lowest BCUT2D eigenvalue weighted by atomic mass is 10.1. The zero-order valence-corrected chi connectivity index (χ0v) is 16.1. The van der Waals surface area contributed by atoms with E-state index in [4.69, 9.17) is 5.26 Å². The summed E-state index contributed by atoms with van der Waals surface area (Å²) >= 11 is 0. The van der Waals surface area contributed by atoms with Crippen LogP contribution in [0.15, 0.2) is 18.3 Å². The van der Waals surface area contributed by atoms with Crippen LogP contribution in [-0.4, -0.2) is 39.1 Å². The number of benzene rings is 1. The number of nitrogens with zero attached hydrogens (tertiary/aromatic N) is 5. The number of hydrogen-bond acceptors (Lipinski definition) is 4. The highest BCUT2D eigenvalue weighted by molar-refractivity contribution is 5.96. The SMILES string of the molecule is C[C@H]1Cn2ncc(N3CC(C#N)CC3=O)c2CN1C(=O)Cc1cc(F)c(F)c(F)c1. The second-order valence-corrected chi connectivity index (χ2v) is 7.61. The molecule has 1 fully saturated rings. The Labute approximate surface area is 170 Å². The van der Waals surface area contributed by atoms with Crippen molar-refractivity contribution < 1.29 is 22.8 Å². The predicted octanol–water partition coefficient (Wildman–Crippen LogP) is 2.15. The molecule has 30 heavy (non-hydrogen) atoms. The van der Waals surface area contributed by atoms with Crippen LogP contribution in [0, 0.1) is 34.7 Å². The summed E-state index contributed by atoms with van der Waals surface area (Å²) in [6.45, 7) is 2.63. The minimum atomic E-state index is -1.57. The molecular weight excluding hydrogens is 399 g/mol. The lowest BCUT2D eigenvalue weighted by Crippen LogP contribution is -2.46. The monoisotopic (exact) mass is 417 g/mol. The van der Waals surface area contributed by atoms with Crippen LogP contribution in [0.4, 0.5) is 18.9 Å². The Kier molecular flexibility index (Phi) is 4.97. The van der Waals surface area contributed by atoms with E-state index >= 15 is 0 Å². The van der Waals surface area contributed by atoms with Gasteiger partial charge in [-0.25, -0.2) is 13.2 Å². The van der Waals surface area contributed by atoms with Gasteiger partial charge in [0.05, 0.1) is 49.1 Å². The highest BCUT2D eigenvalue weighted by Crippen LogP contribution is 2.31. The maximum atomic E-state index is 13.5. The first-order chi connectivity index (χ1) is 14.3. The average molecular weight is 417 g/mol. The van der Waals surface area contributed by atoms with E-state index in [0.29, 0.717) is 17.9 Å². The fourth-order valence-electron chi connectivity index (χ4n) is 3.96. The maximum Gasteiger partial charge on any atom is 0.228 e. The summed E-state index contributed by atoms with van der Waals surface area (Å²) in [5, 5.41) is 13.4. The fraction of sp³-hybridized carbons (Fsp3) is 0.400. The van der Waals surface area contributed by atoms with Crippen LogP contribution in [0.3, 0.4) is 0 Å². The van der Waals surface area contributed by atoms with E-state index in [1.165, 1.54) is 4.90 Å². The number of carbonyl (C=O) groups is 2. The first-order valence-electron chi connectivity index (χ1n) is 9.46. The van der Waals surface area contributed by atoms with E-state index < -0.39 is 23.4 Å². The van der Waals surface area contributed by atoms with Gasteiger partial charge in [0.25, 0.3) is 0 Å². The van der Waals surface area contributed by atoms with Crippen molar-refractivity contribution >= 4 is 17.5 Å². The van der Waals surface area contributed by atoms with Crippen molar-refractivity contribution in [3.63, 3.8) is 0 Å². The highest BCUT2D eigenvalue weighted by atomic mass is 19.2. The van der Waals surface area contributed by atoms with E-state index in [2.05, 4.69) is 11.2 Å². The molecule has 10 heteroatoms. The summed E-state index contributed by atoms with van der Waals surface area (Å²) in [4.78, 5) is 28.2. The minimum Gasteiger partial charge on any atom is -0.332 e. The van der Waals surface area contributed by atoms with Gasteiger partial charge in [-0.15, -0.1) is 0 Å². The van der Waals surface area contributed by atoms with E-state index in [1.54, 1.807) is 15.8 Å². The second kappa shape index (κ2) is 7.48. The molecule has 0 N–H and O–H groups in total. The third-order valence-corrected chi connectivity index (χ3v) is 5.53. The van der Waals surface area contributed by atoms with Gasteiger partial charge >= 0.3 is 0 Å². The normalized spacial score (nSPS) is 21.0. The molecule has 0 bridgehead atoms. The molecular formula is C20H18F3N5O2. The van der Waals surface area contributed by atoms with Crippen molar-refractivity contribution in [2.45, 2.75) is 38.9 Å². The molecule has 156 valence electrons. The molecule has 2 aliphatic rings. The van der Waals surface area contributed by atoms with Crippen molar-refractivity contribution in [1.29, 1.82) is 5.26 Å². The lowest BCUT2D eigenvalue weighted by molar-refractivity contribution is -0.134. The van der Waals surface area contributed by atoms with E-state index in [0.717, 1.165) is 12.1 Å². The number of amides is 2. The van der Waals surface area contributed by atoms with Gasteiger partial charge in [-0.05, 0) is 24.6 Å². The van der Waals surface area contributed by atoms with Crippen LogP contribution in [0.5, 0.6) is 0 Å². The zero-order chi connectivity index (χ0) is 21.6. The summed E-state index contributed by atoms with van der Waals surface area (Å²) in [5.74, 6) is -5.21. The van der Waals surface area contributed by atoms with Crippen LogP contribution in [0.2, 0.25) is 0 Å². The van der Waals surface area contributed by atoms with Gasteiger partial charge in [0.1, 0.15) is 0 Å². The molecule has 7 nitrogen and oxygen atoms in total. The van der Waals surface area contributed by atoms with Crippen LogP contribution in [0.1, 0.15) is 24.6 Å².